The number of thiazole rings is 1. The summed E-state index contributed by atoms with van der Waals surface area (Å²) in [6.07, 6.45) is 0. The number of aryl methyl sites for hydroxylation is 1. The predicted molar refractivity (Wildman–Crippen MR) is 127 cm³/mol. The molecule has 32 heavy (non-hydrogen) atoms. The molecule has 1 aliphatic heterocycles. The van der Waals surface area contributed by atoms with Gasteiger partial charge in [0.1, 0.15) is 5.58 Å². The molecule has 3 aromatic carbocycles. The van der Waals surface area contributed by atoms with Gasteiger partial charge in [-0.25, -0.2) is 4.98 Å². The molecule has 1 amide bonds. The molecule has 0 N–H and O–H groups in total. The van der Waals surface area contributed by atoms with E-state index in [1.807, 2.05) is 37.3 Å². The molecule has 156 valence electrons. The molecule has 1 aliphatic rings. The van der Waals surface area contributed by atoms with Crippen molar-refractivity contribution >= 4 is 55.2 Å². The second kappa shape index (κ2) is 7.02. The van der Waals surface area contributed by atoms with Gasteiger partial charge in [0.05, 0.1) is 27.2 Å². The van der Waals surface area contributed by atoms with Crippen LogP contribution in [0.5, 0.6) is 0 Å². The van der Waals surface area contributed by atoms with Gasteiger partial charge in [-0.3, -0.25) is 14.5 Å². The van der Waals surface area contributed by atoms with Gasteiger partial charge in [0.2, 0.25) is 5.76 Å². The number of halogens is 1. The van der Waals surface area contributed by atoms with Gasteiger partial charge >= 0.3 is 0 Å². The molecule has 3 heterocycles. The summed E-state index contributed by atoms with van der Waals surface area (Å²) in [6.45, 7) is 2.01. The van der Waals surface area contributed by atoms with Crippen molar-refractivity contribution in [3.05, 3.63) is 104 Å². The van der Waals surface area contributed by atoms with E-state index in [1.54, 1.807) is 41.3 Å². The van der Waals surface area contributed by atoms with Crippen LogP contribution in [0.3, 0.4) is 0 Å². The van der Waals surface area contributed by atoms with Crippen molar-refractivity contribution in [3.8, 4) is 0 Å². The van der Waals surface area contributed by atoms with Gasteiger partial charge in [-0.1, -0.05) is 53.3 Å². The van der Waals surface area contributed by atoms with Gasteiger partial charge in [-0.2, -0.15) is 0 Å². The summed E-state index contributed by atoms with van der Waals surface area (Å²) in [5.41, 5.74) is 3.18. The second-order valence-corrected chi connectivity index (χ2v) is 9.21. The number of benzene rings is 3. The minimum absolute atomic E-state index is 0.0593. The SMILES string of the molecule is Cc1ccc2nc(N3C(=O)c4oc5ccccc5c(=O)c4C3c3ccc(Cl)cc3)sc2c1. The quantitative estimate of drug-likeness (QED) is 0.320. The van der Waals surface area contributed by atoms with E-state index in [0.717, 1.165) is 21.3 Å². The average Bonchev–Trinajstić information content (AvgIpc) is 3.33. The second-order valence-electron chi connectivity index (χ2n) is 7.77. The van der Waals surface area contributed by atoms with Crippen LogP contribution < -0.4 is 10.3 Å². The van der Waals surface area contributed by atoms with E-state index in [1.165, 1.54) is 11.3 Å². The molecule has 1 atom stereocenters. The van der Waals surface area contributed by atoms with Crippen LogP contribution >= 0.6 is 22.9 Å². The summed E-state index contributed by atoms with van der Waals surface area (Å²) in [7, 11) is 0. The molecule has 6 rings (SSSR count). The first-order valence-corrected chi connectivity index (χ1v) is 11.2. The minimum atomic E-state index is -0.655. The number of aromatic nitrogens is 1. The summed E-state index contributed by atoms with van der Waals surface area (Å²) in [4.78, 5) is 33.4. The molecule has 0 fully saturated rings. The van der Waals surface area contributed by atoms with Crippen molar-refractivity contribution < 1.29 is 9.21 Å². The molecular formula is C25H15ClN2O3S. The third kappa shape index (κ3) is 2.80. The van der Waals surface area contributed by atoms with Gasteiger partial charge in [0, 0.05) is 5.02 Å². The van der Waals surface area contributed by atoms with Crippen LogP contribution in [0.1, 0.15) is 33.3 Å². The summed E-state index contributed by atoms with van der Waals surface area (Å²) in [5.74, 6) is -0.317. The largest absolute Gasteiger partial charge is 0.450 e. The lowest BCUT2D eigenvalue weighted by atomic mass is 9.99. The zero-order valence-corrected chi connectivity index (χ0v) is 18.4. The van der Waals surface area contributed by atoms with E-state index in [0.29, 0.717) is 26.7 Å². The maximum atomic E-state index is 13.6. The van der Waals surface area contributed by atoms with Crippen molar-refractivity contribution in [2.75, 3.05) is 4.90 Å². The molecule has 2 aromatic heterocycles. The van der Waals surface area contributed by atoms with E-state index in [4.69, 9.17) is 21.0 Å². The van der Waals surface area contributed by atoms with Crippen LogP contribution in [-0.2, 0) is 0 Å². The molecule has 0 saturated carbocycles. The number of rotatable bonds is 2. The Balaban J connectivity index is 1.64. The van der Waals surface area contributed by atoms with E-state index >= 15 is 0 Å². The van der Waals surface area contributed by atoms with Gasteiger partial charge in [0.25, 0.3) is 5.91 Å². The number of hydrogen-bond acceptors (Lipinski definition) is 5. The molecule has 1 unspecified atom stereocenters. The van der Waals surface area contributed by atoms with Crippen molar-refractivity contribution in [2.45, 2.75) is 13.0 Å². The highest BCUT2D eigenvalue weighted by molar-refractivity contribution is 7.22. The highest BCUT2D eigenvalue weighted by atomic mass is 35.5. The number of carbonyl (C=O) groups is 1. The summed E-state index contributed by atoms with van der Waals surface area (Å²) >= 11 is 7.53. The van der Waals surface area contributed by atoms with Crippen molar-refractivity contribution in [1.82, 2.24) is 4.98 Å². The Morgan fingerprint density at radius 1 is 1.03 bits per heavy atom. The monoisotopic (exact) mass is 458 g/mol. The van der Waals surface area contributed by atoms with E-state index in [9.17, 15) is 9.59 Å². The lowest BCUT2D eigenvalue weighted by Gasteiger charge is -2.22. The van der Waals surface area contributed by atoms with E-state index in [2.05, 4.69) is 0 Å². The van der Waals surface area contributed by atoms with Crippen LogP contribution in [-0.4, -0.2) is 10.9 Å². The highest BCUT2D eigenvalue weighted by Gasteiger charge is 2.44. The van der Waals surface area contributed by atoms with Crippen LogP contribution in [0.2, 0.25) is 5.02 Å². The smallest absolute Gasteiger partial charge is 0.297 e. The molecule has 0 radical (unpaired) electrons. The molecule has 5 aromatic rings. The normalized spacial score (nSPS) is 15.6. The Kier molecular flexibility index (Phi) is 4.22. The molecule has 5 nitrogen and oxygen atoms in total. The maximum Gasteiger partial charge on any atom is 0.297 e. The molecule has 0 spiro atoms. The number of nitrogens with zero attached hydrogens (tertiary/aromatic N) is 2. The van der Waals surface area contributed by atoms with Gasteiger partial charge in [-0.05, 0) is 54.4 Å². The summed E-state index contributed by atoms with van der Waals surface area (Å²) < 4.78 is 6.95. The maximum absolute atomic E-state index is 13.6. The number of anilines is 1. The third-order valence-corrected chi connectivity index (χ3v) is 6.97. The first-order valence-electron chi connectivity index (χ1n) is 10.0. The molecular weight excluding hydrogens is 444 g/mol. The Bertz CT molecular complexity index is 1600. The lowest BCUT2D eigenvalue weighted by Crippen LogP contribution is -2.29. The topological polar surface area (TPSA) is 63.4 Å². The van der Waals surface area contributed by atoms with Crippen molar-refractivity contribution in [2.24, 2.45) is 0 Å². The van der Waals surface area contributed by atoms with Gasteiger partial charge in [0.15, 0.2) is 10.6 Å². The number of carbonyl (C=O) groups excluding carboxylic acids is 1. The zero-order valence-electron chi connectivity index (χ0n) is 16.8. The first-order chi connectivity index (χ1) is 15.5. The number of amides is 1. The minimum Gasteiger partial charge on any atom is -0.450 e. The standard InChI is InChI=1S/C25H15ClN2O3S/c1-13-6-11-17-19(12-13)32-25(27-17)28-21(14-7-9-15(26)10-8-14)20-22(29)16-4-2-3-5-18(16)31-23(20)24(28)30/h2-12,21H,1H3. The fraction of sp³-hybridized carbons (Fsp3) is 0.0800. The highest BCUT2D eigenvalue weighted by Crippen LogP contribution is 2.43. The number of para-hydroxylation sites is 1. The van der Waals surface area contributed by atoms with Crippen LogP contribution in [0.4, 0.5) is 5.13 Å². The van der Waals surface area contributed by atoms with Crippen LogP contribution in [0.25, 0.3) is 21.2 Å². The number of fused-ring (bicyclic) bond motifs is 3. The van der Waals surface area contributed by atoms with Gasteiger partial charge in [-0.15, -0.1) is 0 Å². The summed E-state index contributed by atoms with van der Waals surface area (Å²) in [6, 6.07) is 19.4. The lowest BCUT2D eigenvalue weighted by molar-refractivity contribution is 0.0971. The molecule has 0 saturated heterocycles. The number of hydrogen-bond donors (Lipinski definition) is 0. The van der Waals surface area contributed by atoms with Crippen LogP contribution in [0.15, 0.2) is 75.9 Å². The summed E-state index contributed by atoms with van der Waals surface area (Å²) in [5, 5.41) is 1.54. The fourth-order valence-corrected chi connectivity index (χ4v) is 5.42. The van der Waals surface area contributed by atoms with Crippen molar-refractivity contribution in [3.63, 3.8) is 0 Å². The van der Waals surface area contributed by atoms with Gasteiger partial charge < -0.3 is 4.42 Å². The van der Waals surface area contributed by atoms with E-state index < -0.39 is 6.04 Å². The van der Waals surface area contributed by atoms with E-state index in [-0.39, 0.29) is 17.1 Å². The van der Waals surface area contributed by atoms with Crippen molar-refractivity contribution in [1.29, 1.82) is 0 Å². The third-order valence-electron chi connectivity index (χ3n) is 5.70. The van der Waals surface area contributed by atoms with Crippen LogP contribution in [0, 0.1) is 6.92 Å². The Morgan fingerprint density at radius 2 is 1.81 bits per heavy atom. The first kappa shape index (κ1) is 19.2. The molecule has 7 heteroatoms. The predicted octanol–water partition coefficient (Wildman–Crippen LogP) is 6.11. The average molecular weight is 459 g/mol. The Morgan fingerprint density at radius 3 is 2.62 bits per heavy atom. The Labute approximate surface area is 191 Å². The molecule has 0 bridgehead atoms. The fourth-order valence-electron chi connectivity index (χ4n) is 4.20. The zero-order chi connectivity index (χ0) is 22.0. The molecule has 0 aliphatic carbocycles. The Hall–Kier alpha value is -3.48.